The van der Waals surface area contributed by atoms with Crippen LogP contribution in [0.15, 0.2) is 78.9 Å². The highest BCUT2D eigenvalue weighted by atomic mass is 32.2. The van der Waals surface area contributed by atoms with Gasteiger partial charge in [-0.3, -0.25) is 19.2 Å². The molecule has 0 aliphatic carbocycles. The van der Waals surface area contributed by atoms with Gasteiger partial charge >= 0.3 is 0 Å². The molecule has 6 heterocycles. The molecule has 10 nitrogen and oxygen atoms in total. The number of carbonyl (C=O) groups excluding carboxylic acids is 4. The Labute approximate surface area is 277 Å². The number of anilines is 2. The highest BCUT2D eigenvalue weighted by Gasteiger charge is 2.78. The molecule has 0 bridgehead atoms. The van der Waals surface area contributed by atoms with Crippen molar-refractivity contribution in [1.82, 2.24) is 20.4 Å². The summed E-state index contributed by atoms with van der Waals surface area (Å²) in [6, 6.07) is 23.2. The molecule has 240 valence electrons. The number of amides is 4. The first-order valence-corrected chi connectivity index (χ1v) is 17.8. The Morgan fingerprint density at radius 2 is 1.15 bits per heavy atom. The summed E-state index contributed by atoms with van der Waals surface area (Å²) in [5.74, 6) is 0.214. The van der Waals surface area contributed by atoms with Gasteiger partial charge in [-0.2, -0.15) is 11.8 Å². The molecule has 0 aromatic heterocycles. The molecule has 0 saturated carbocycles. The summed E-state index contributed by atoms with van der Waals surface area (Å²) in [5.41, 5.74) is 3.15. The van der Waals surface area contributed by atoms with E-state index < -0.39 is 47.3 Å². The van der Waals surface area contributed by atoms with E-state index in [-0.39, 0.29) is 23.6 Å². The molecule has 0 radical (unpaired) electrons. The molecule has 9 rings (SSSR count). The number of hydrogen-bond donors (Lipinski definition) is 4. The maximum atomic E-state index is 14.6. The number of thioether (sulfide) groups is 1. The van der Waals surface area contributed by atoms with Crippen LogP contribution >= 0.6 is 11.8 Å². The number of hydrogen-bond acceptors (Lipinski definition) is 7. The van der Waals surface area contributed by atoms with Crippen molar-refractivity contribution >= 4 is 46.8 Å². The van der Waals surface area contributed by atoms with Gasteiger partial charge in [-0.25, -0.2) is 0 Å². The van der Waals surface area contributed by atoms with Gasteiger partial charge in [-0.05, 0) is 60.1 Å². The number of nitrogens with zero attached hydrogens (tertiary/aromatic N) is 2. The molecule has 6 aliphatic rings. The number of rotatable bonds is 6. The van der Waals surface area contributed by atoms with E-state index in [4.69, 9.17) is 0 Å². The van der Waals surface area contributed by atoms with Crippen LogP contribution in [0.25, 0.3) is 0 Å². The smallest absolute Gasteiger partial charge is 0.247 e. The van der Waals surface area contributed by atoms with Crippen LogP contribution in [0.4, 0.5) is 11.4 Å². The second kappa shape index (κ2) is 10.2. The molecular weight excluding hydrogens is 613 g/mol. The van der Waals surface area contributed by atoms with Crippen LogP contribution in [0.3, 0.4) is 0 Å². The molecule has 0 unspecified atom stereocenters. The van der Waals surface area contributed by atoms with Crippen LogP contribution in [0.5, 0.6) is 0 Å². The number of benzene rings is 3. The van der Waals surface area contributed by atoms with Gasteiger partial charge in [0.15, 0.2) is 0 Å². The van der Waals surface area contributed by atoms with Crippen LogP contribution in [0.2, 0.25) is 0 Å². The Morgan fingerprint density at radius 3 is 1.70 bits per heavy atom. The lowest BCUT2D eigenvalue weighted by molar-refractivity contribution is -0.149. The fourth-order valence-corrected chi connectivity index (χ4v) is 10.3. The lowest BCUT2D eigenvalue weighted by atomic mass is 9.54. The van der Waals surface area contributed by atoms with Crippen molar-refractivity contribution in [2.45, 2.75) is 73.0 Å². The van der Waals surface area contributed by atoms with Gasteiger partial charge < -0.3 is 31.1 Å². The average molecular weight is 649 g/mol. The van der Waals surface area contributed by atoms with E-state index >= 15 is 0 Å². The second-order valence-corrected chi connectivity index (χ2v) is 14.6. The normalized spacial score (nSPS) is 34.3. The zero-order chi connectivity index (χ0) is 32.1. The van der Waals surface area contributed by atoms with Crippen LogP contribution in [-0.4, -0.2) is 81.9 Å². The quantitative estimate of drug-likeness (QED) is 0.324. The molecule has 47 heavy (non-hydrogen) atoms. The second-order valence-electron chi connectivity index (χ2n) is 13.7. The highest BCUT2D eigenvalue weighted by molar-refractivity contribution is 7.98. The van der Waals surface area contributed by atoms with Crippen molar-refractivity contribution in [2.75, 3.05) is 22.6 Å². The number of nitrogens with one attached hydrogen (secondary N) is 4. The molecule has 4 fully saturated rings. The molecule has 3 aromatic carbocycles. The summed E-state index contributed by atoms with van der Waals surface area (Å²) in [5, 5.41) is 13.5. The van der Waals surface area contributed by atoms with E-state index in [9.17, 15) is 19.2 Å². The topological polar surface area (TPSA) is 123 Å². The zero-order valence-electron chi connectivity index (χ0n) is 25.9. The summed E-state index contributed by atoms with van der Waals surface area (Å²) >= 11 is 1.65. The Balaban J connectivity index is 1.22. The Hall–Kier alpha value is -4.51. The Morgan fingerprint density at radius 1 is 0.660 bits per heavy atom. The minimum Gasteiger partial charge on any atom is -0.364 e. The molecule has 8 atom stereocenters. The summed E-state index contributed by atoms with van der Waals surface area (Å²) in [6.07, 6.45) is 2.54. The lowest BCUT2D eigenvalue weighted by Crippen LogP contribution is -2.66. The summed E-state index contributed by atoms with van der Waals surface area (Å²) < 4.78 is 0. The first-order chi connectivity index (χ1) is 22.9. The van der Waals surface area contributed by atoms with Crippen molar-refractivity contribution in [1.29, 1.82) is 0 Å². The van der Waals surface area contributed by atoms with E-state index in [1.165, 1.54) is 0 Å². The highest BCUT2D eigenvalue weighted by Crippen LogP contribution is 2.68. The number of para-hydroxylation sites is 2. The van der Waals surface area contributed by atoms with Crippen LogP contribution in [0.1, 0.15) is 36.0 Å². The third-order valence-electron chi connectivity index (χ3n) is 11.6. The zero-order valence-corrected chi connectivity index (χ0v) is 26.8. The third-order valence-corrected chi connectivity index (χ3v) is 12.3. The SMILES string of the molecule is CSCC[C@@H]1NC(=O)[C@@H]2C[C@]3([C@@]45C[C@H]6C(=O)N[C@@H](Cc7ccccc7)C(=O)N6[C@H]4Nc4ccccc45)c4ccccc4N[C@@H]3N2C1=O. The van der Waals surface area contributed by atoms with E-state index in [1.807, 2.05) is 73.0 Å². The Bertz CT molecular complexity index is 1840. The molecule has 0 spiro atoms. The van der Waals surface area contributed by atoms with Gasteiger partial charge in [0.2, 0.25) is 23.6 Å². The average Bonchev–Trinajstić information content (AvgIpc) is 3.79. The van der Waals surface area contributed by atoms with Gasteiger partial charge in [0.1, 0.15) is 36.5 Å². The van der Waals surface area contributed by atoms with Crippen LogP contribution in [0, 0.1) is 0 Å². The van der Waals surface area contributed by atoms with Crippen LogP contribution < -0.4 is 21.3 Å². The molecule has 4 amide bonds. The molecular formula is C36H36N6O4S. The maximum Gasteiger partial charge on any atom is 0.247 e. The van der Waals surface area contributed by atoms with Gasteiger partial charge in [0.25, 0.3) is 0 Å². The van der Waals surface area contributed by atoms with E-state index in [0.29, 0.717) is 25.7 Å². The van der Waals surface area contributed by atoms with E-state index in [1.54, 1.807) is 21.6 Å². The minimum absolute atomic E-state index is 0.0875. The Kier molecular flexibility index (Phi) is 6.25. The predicted octanol–water partition coefficient (Wildman–Crippen LogP) is 2.56. The number of piperazine rings is 2. The van der Waals surface area contributed by atoms with Crippen molar-refractivity contribution < 1.29 is 19.2 Å². The van der Waals surface area contributed by atoms with Crippen molar-refractivity contribution in [3.63, 3.8) is 0 Å². The number of fused-ring (bicyclic) bond motifs is 11. The van der Waals surface area contributed by atoms with E-state index in [2.05, 4.69) is 33.4 Å². The fourth-order valence-electron chi connectivity index (χ4n) is 9.83. The standard InChI is InChI=1S/C36H36N6O4S/c1-47-16-15-25-31(45)41-27(29(43)37-25)18-35(21-11-5-7-13-23(21)39-33(35)41)36-19-28-30(44)38-26(17-20-9-3-2-4-10-20)32(46)42(28)34(36)40-24-14-8-6-12-22(24)36/h2-14,25-28,33-34,39-40H,15-19H2,1H3,(H,37,43)(H,38,44)/t25-,26-,27-,28-,33+,34+,35-,36+/m0/s1. The maximum absolute atomic E-state index is 14.6. The first-order valence-electron chi connectivity index (χ1n) is 16.4. The number of carbonyl (C=O) groups is 4. The summed E-state index contributed by atoms with van der Waals surface area (Å²) in [7, 11) is 0. The predicted molar refractivity (Wildman–Crippen MR) is 179 cm³/mol. The molecule has 6 aliphatic heterocycles. The van der Waals surface area contributed by atoms with E-state index in [0.717, 1.165) is 33.8 Å². The van der Waals surface area contributed by atoms with Crippen LogP contribution in [-0.2, 0) is 36.4 Å². The van der Waals surface area contributed by atoms with Gasteiger partial charge in [0.05, 0.1) is 10.8 Å². The molecule has 4 saturated heterocycles. The van der Waals surface area contributed by atoms with Crippen molar-refractivity contribution in [2.24, 2.45) is 0 Å². The molecule has 3 aromatic rings. The van der Waals surface area contributed by atoms with Crippen molar-refractivity contribution in [3.8, 4) is 0 Å². The van der Waals surface area contributed by atoms with Gasteiger partial charge in [-0.15, -0.1) is 0 Å². The summed E-state index contributed by atoms with van der Waals surface area (Å²) in [4.78, 5) is 60.5. The largest absolute Gasteiger partial charge is 0.364 e. The van der Waals surface area contributed by atoms with Crippen molar-refractivity contribution in [3.05, 3.63) is 95.6 Å². The lowest BCUT2D eigenvalue weighted by Gasteiger charge is -2.48. The van der Waals surface area contributed by atoms with Gasteiger partial charge in [0, 0.05) is 17.8 Å². The monoisotopic (exact) mass is 648 g/mol. The third kappa shape index (κ3) is 3.69. The molecule has 4 N–H and O–H groups in total. The first kappa shape index (κ1) is 28.7. The van der Waals surface area contributed by atoms with Gasteiger partial charge in [-0.1, -0.05) is 66.7 Å². The summed E-state index contributed by atoms with van der Waals surface area (Å²) in [6.45, 7) is 0. The minimum atomic E-state index is -0.833. The molecule has 11 heteroatoms. The fraction of sp³-hybridized carbons (Fsp3) is 0.389.